The van der Waals surface area contributed by atoms with Crippen molar-refractivity contribution in [3.05, 3.63) is 59.9 Å². The Labute approximate surface area is 111 Å². The van der Waals surface area contributed by atoms with Gasteiger partial charge in [0, 0.05) is 24.9 Å². The summed E-state index contributed by atoms with van der Waals surface area (Å²) in [5.41, 5.74) is 4.22. The van der Waals surface area contributed by atoms with Crippen LogP contribution in [0.15, 0.2) is 48.8 Å². The van der Waals surface area contributed by atoms with Crippen molar-refractivity contribution >= 4 is 12.0 Å². The molecular formula is C14H15N3O2. The van der Waals surface area contributed by atoms with Crippen molar-refractivity contribution in [1.82, 2.24) is 15.3 Å². The van der Waals surface area contributed by atoms with E-state index in [-0.39, 0.29) is 5.91 Å². The number of benzene rings is 1. The predicted molar refractivity (Wildman–Crippen MR) is 71.6 cm³/mol. The van der Waals surface area contributed by atoms with Gasteiger partial charge in [-0.1, -0.05) is 30.3 Å². The van der Waals surface area contributed by atoms with Gasteiger partial charge < -0.3 is 0 Å². The molecule has 2 rings (SSSR count). The number of amides is 1. The van der Waals surface area contributed by atoms with Gasteiger partial charge in [0.25, 0.3) is 5.91 Å². The van der Waals surface area contributed by atoms with Crippen LogP contribution in [0.1, 0.15) is 11.1 Å². The Morgan fingerprint density at radius 3 is 2.89 bits per heavy atom. The van der Waals surface area contributed by atoms with E-state index in [1.54, 1.807) is 17.0 Å². The van der Waals surface area contributed by atoms with Crippen molar-refractivity contribution in [3.63, 3.8) is 0 Å². The van der Waals surface area contributed by atoms with E-state index in [1.165, 1.54) is 6.08 Å². The van der Waals surface area contributed by atoms with E-state index in [0.717, 1.165) is 11.1 Å². The van der Waals surface area contributed by atoms with Crippen LogP contribution < -0.4 is 5.48 Å². The van der Waals surface area contributed by atoms with Gasteiger partial charge in [-0.15, -0.1) is 0 Å². The highest BCUT2D eigenvalue weighted by atomic mass is 16.6. The molecule has 1 amide bonds. The fourth-order valence-electron chi connectivity index (χ4n) is 1.50. The summed E-state index contributed by atoms with van der Waals surface area (Å²) in [6.45, 7) is 0.341. The average Bonchev–Trinajstić information content (AvgIpc) is 2.83. The average molecular weight is 257 g/mol. The summed E-state index contributed by atoms with van der Waals surface area (Å²) < 4.78 is 1.67. The van der Waals surface area contributed by atoms with Gasteiger partial charge in [0.15, 0.2) is 0 Å². The van der Waals surface area contributed by atoms with Crippen LogP contribution in [0.2, 0.25) is 0 Å². The first-order valence-corrected chi connectivity index (χ1v) is 5.86. The molecule has 0 spiro atoms. The molecule has 1 aromatic carbocycles. The van der Waals surface area contributed by atoms with Crippen LogP contribution in [-0.2, 0) is 23.3 Å². The molecule has 0 saturated heterocycles. The molecule has 0 bridgehead atoms. The molecule has 0 aliphatic rings. The molecule has 0 aliphatic heterocycles. The summed E-state index contributed by atoms with van der Waals surface area (Å²) in [5, 5.41) is 4.00. The summed E-state index contributed by atoms with van der Waals surface area (Å²) in [6, 6.07) is 9.62. The number of aryl methyl sites for hydroxylation is 1. The fraction of sp³-hybridized carbons (Fsp3) is 0.143. The highest BCUT2D eigenvalue weighted by molar-refractivity contribution is 5.90. The van der Waals surface area contributed by atoms with E-state index in [4.69, 9.17) is 4.84 Å². The van der Waals surface area contributed by atoms with E-state index in [9.17, 15) is 4.79 Å². The third-order valence-corrected chi connectivity index (χ3v) is 2.41. The molecule has 5 nitrogen and oxygen atoms in total. The second kappa shape index (κ2) is 6.51. The lowest BCUT2D eigenvalue weighted by Gasteiger charge is -2.03. The zero-order valence-corrected chi connectivity index (χ0v) is 10.6. The lowest BCUT2D eigenvalue weighted by Crippen LogP contribution is -2.21. The quantitative estimate of drug-likeness (QED) is 0.655. The minimum absolute atomic E-state index is 0.306. The van der Waals surface area contributed by atoms with Gasteiger partial charge in [-0.05, 0) is 11.6 Å². The zero-order chi connectivity index (χ0) is 13.5. The molecule has 98 valence electrons. The number of hydrogen-bond acceptors (Lipinski definition) is 3. The largest absolute Gasteiger partial charge is 0.275 e. The van der Waals surface area contributed by atoms with Crippen molar-refractivity contribution < 1.29 is 9.63 Å². The van der Waals surface area contributed by atoms with Crippen LogP contribution in [0.3, 0.4) is 0 Å². The van der Waals surface area contributed by atoms with Gasteiger partial charge in [0.05, 0.1) is 12.8 Å². The number of carbonyl (C=O) groups excluding carboxylic acids is 1. The molecule has 0 fully saturated rings. The molecule has 1 aromatic heterocycles. The number of carbonyl (C=O) groups is 1. The standard InChI is InChI=1S/C14H15N3O2/c1-17-10-13(9-15-17)7-8-14(18)16-19-11-12-5-3-2-4-6-12/h2-10H,11H2,1H3,(H,16,18). The molecule has 19 heavy (non-hydrogen) atoms. The topological polar surface area (TPSA) is 56.2 Å². The number of rotatable bonds is 5. The summed E-state index contributed by atoms with van der Waals surface area (Å²) in [4.78, 5) is 16.6. The minimum Gasteiger partial charge on any atom is -0.275 e. The molecule has 0 unspecified atom stereocenters. The molecule has 1 heterocycles. The van der Waals surface area contributed by atoms with Crippen LogP contribution in [0, 0.1) is 0 Å². The van der Waals surface area contributed by atoms with Gasteiger partial charge in [0.2, 0.25) is 0 Å². The summed E-state index contributed by atoms with van der Waals surface area (Å²) >= 11 is 0. The highest BCUT2D eigenvalue weighted by Gasteiger charge is 1.97. The monoisotopic (exact) mass is 257 g/mol. The van der Waals surface area contributed by atoms with E-state index in [0.29, 0.717) is 6.61 Å². The Kier molecular flexibility index (Phi) is 4.47. The molecule has 1 N–H and O–H groups in total. The second-order valence-corrected chi connectivity index (χ2v) is 4.02. The summed E-state index contributed by atoms with van der Waals surface area (Å²) in [5.74, 6) is -0.306. The first-order chi connectivity index (χ1) is 9.24. The number of hydrogen-bond donors (Lipinski definition) is 1. The second-order valence-electron chi connectivity index (χ2n) is 4.02. The Morgan fingerprint density at radius 2 is 2.21 bits per heavy atom. The third-order valence-electron chi connectivity index (χ3n) is 2.41. The highest BCUT2D eigenvalue weighted by Crippen LogP contribution is 2.00. The van der Waals surface area contributed by atoms with Crippen molar-refractivity contribution in [1.29, 1.82) is 0 Å². The van der Waals surface area contributed by atoms with Gasteiger partial charge in [-0.25, -0.2) is 5.48 Å². The molecule has 0 saturated carbocycles. The fourth-order valence-corrected chi connectivity index (χ4v) is 1.50. The van der Waals surface area contributed by atoms with Gasteiger partial charge in [-0.2, -0.15) is 5.10 Å². The predicted octanol–water partition coefficient (Wildman–Crippen LogP) is 1.68. The minimum atomic E-state index is -0.306. The number of nitrogens with one attached hydrogen (secondary N) is 1. The van der Waals surface area contributed by atoms with Crippen LogP contribution >= 0.6 is 0 Å². The lowest BCUT2D eigenvalue weighted by atomic mass is 10.2. The SMILES string of the molecule is Cn1cc(C=CC(=O)NOCc2ccccc2)cn1. The first kappa shape index (κ1) is 13.0. The molecule has 0 radical (unpaired) electrons. The Hall–Kier alpha value is -2.40. The first-order valence-electron chi connectivity index (χ1n) is 5.86. The van der Waals surface area contributed by atoms with Crippen LogP contribution in [0.5, 0.6) is 0 Å². The summed E-state index contributed by atoms with van der Waals surface area (Å²) in [7, 11) is 1.82. The van der Waals surface area contributed by atoms with Crippen molar-refractivity contribution in [2.45, 2.75) is 6.61 Å². The molecule has 0 atom stereocenters. The third kappa shape index (κ3) is 4.40. The van der Waals surface area contributed by atoms with Gasteiger partial charge >= 0.3 is 0 Å². The summed E-state index contributed by atoms with van der Waals surface area (Å²) in [6.07, 6.45) is 6.57. The maximum atomic E-state index is 11.5. The van der Waals surface area contributed by atoms with E-state index in [2.05, 4.69) is 10.6 Å². The maximum Gasteiger partial charge on any atom is 0.267 e. The molecule has 0 aliphatic carbocycles. The molecule has 5 heteroatoms. The normalized spacial score (nSPS) is 10.8. The maximum absolute atomic E-state index is 11.5. The van der Waals surface area contributed by atoms with Crippen LogP contribution in [-0.4, -0.2) is 15.7 Å². The number of hydroxylamine groups is 1. The van der Waals surface area contributed by atoms with E-state index in [1.807, 2.05) is 43.6 Å². The van der Waals surface area contributed by atoms with E-state index < -0.39 is 0 Å². The molecular weight excluding hydrogens is 242 g/mol. The van der Waals surface area contributed by atoms with Gasteiger partial charge in [0.1, 0.15) is 0 Å². The Bertz CT molecular complexity index is 561. The van der Waals surface area contributed by atoms with Crippen molar-refractivity contribution in [2.24, 2.45) is 7.05 Å². The lowest BCUT2D eigenvalue weighted by molar-refractivity contribution is -0.129. The van der Waals surface area contributed by atoms with Crippen LogP contribution in [0.25, 0.3) is 6.08 Å². The van der Waals surface area contributed by atoms with Gasteiger partial charge in [-0.3, -0.25) is 14.3 Å². The Morgan fingerprint density at radius 1 is 1.42 bits per heavy atom. The van der Waals surface area contributed by atoms with E-state index >= 15 is 0 Å². The van der Waals surface area contributed by atoms with Crippen LogP contribution in [0.4, 0.5) is 0 Å². The Balaban J connectivity index is 1.74. The van der Waals surface area contributed by atoms with Crippen molar-refractivity contribution in [3.8, 4) is 0 Å². The molecule has 2 aromatic rings. The number of aromatic nitrogens is 2. The zero-order valence-electron chi connectivity index (χ0n) is 10.6. The smallest absolute Gasteiger partial charge is 0.267 e. The van der Waals surface area contributed by atoms with Crippen molar-refractivity contribution in [2.75, 3.05) is 0 Å². The number of nitrogens with zero attached hydrogens (tertiary/aromatic N) is 2.